The molecule has 180 valence electrons. The molecule has 5 rings (SSSR count). The number of fused-ring (bicyclic) bond motifs is 1. The zero-order chi connectivity index (χ0) is 24.2. The molecule has 1 fully saturated rings. The molecule has 0 spiro atoms. The molecule has 0 amide bonds. The maximum atomic E-state index is 14.8. The van der Waals surface area contributed by atoms with Crippen molar-refractivity contribution in [2.45, 2.75) is 51.4 Å². The van der Waals surface area contributed by atoms with E-state index in [1.54, 1.807) is 6.07 Å². The van der Waals surface area contributed by atoms with Crippen LogP contribution in [-0.2, 0) is 6.42 Å². The molecule has 4 aromatic rings. The quantitative estimate of drug-likeness (QED) is 0.253. The highest BCUT2D eigenvalue weighted by Gasteiger charge is 2.28. The topological polar surface area (TPSA) is 37.3 Å². The molecular formula is C31H31FO2S. The van der Waals surface area contributed by atoms with Crippen molar-refractivity contribution in [1.29, 1.82) is 0 Å². The summed E-state index contributed by atoms with van der Waals surface area (Å²) < 4.78 is 15.7. The fourth-order valence-corrected chi connectivity index (χ4v) is 6.62. The molecular weight excluding hydrogens is 455 g/mol. The fraction of sp³-hybridized carbons (Fsp3) is 0.323. The number of aryl methyl sites for hydroxylation is 1. The van der Waals surface area contributed by atoms with Crippen LogP contribution in [0.15, 0.2) is 72.8 Å². The van der Waals surface area contributed by atoms with Crippen LogP contribution in [-0.4, -0.2) is 10.9 Å². The molecule has 0 radical (unpaired) electrons. The second kappa shape index (κ2) is 10.7. The van der Waals surface area contributed by atoms with Crippen LogP contribution in [0.5, 0.6) is 5.75 Å². The van der Waals surface area contributed by atoms with Crippen LogP contribution in [0.1, 0.15) is 60.2 Å². The highest BCUT2D eigenvalue weighted by Crippen LogP contribution is 2.40. The monoisotopic (exact) mass is 486 g/mol. The van der Waals surface area contributed by atoms with Gasteiger partial charge < -0.3 is 5.11 Å². The fourth-order valence-electron chi connectivity index (χ4n) is 5.58. The number of hydrogen-bond acceptors (Lipinski definition) is 3. The lowest BCUT2D eigenvalue weighted by atomic mass is 9.75. The second-order valence-corrected chi connectivity index (χ2v) is 10.8. The Morgan fingerprint density at radius 2 is 1.69 bits per heavy atom. The summed E-state index contributed by atoms with van der Waals surface area (Å²) in [4.78, 5) is 13.8. The zero-order valence-electron chi connectivity index (χ0n) is 19.9. The smallest absolute Gasteiger partial charge is 0.176 e. The van der Waals surface area contributed by atoms with E-state index in [4.69, 9.17) is 0 Å². The van der Waals surface area contributed by atoms with Crippen molar-refractivity contribution in [2.24, 2.45) is 11.8 Å². The zero-order valence-corrected chi connectivity index (χ0v) is 20.7. The first-order valence-corrected chi connectivity index (χ1v) is 13.5. The van der Waals surface area contributed by atoms with Crippen LogP contribution in [0.2, 0.25) is 0 Å². The molecule has 1 heterocycles. The van der Waals surface area contributed by atoms with Crippen molar-refractivity contribution in [2.75, 3.05) is 0 Å². The van der Waals surface area contributed by atoms with E-state index in [-0.39, 0.29) is 23.3 Å². The van der Waals surface area contributed by atoms with Gasteiger partial charge in [0.05, 0.1) is 0 Å². The molecule has 4 heteroatoms. The third-order valence-corrected chi connectivity index (χ3v) is 8.72. The van der Waals surface area contributed by atoms with Gasteiger partial charge in [-0.25, -0.2) is 4.39 Å². The minimum Gasteiger partial charge on any atom is -0.506 e. The van der Waals surface area contributed by atoms with Gasteiger partial charge >= 0.3 is 0 Å². The number of hydrogen-bond donors (Lipinski definition) is 1. The Labute approximate surface area is 210 Å². The minimum absolute atomic E-state index is 0.0118. The predicted molar refractivity (Wildman–Crippen MR) is 143 cm³/mol. The second-order valence-electron chi connectivity index (χ2n) is 9.77. The summed E-state index contributed by atoms with van der Waals surface area (Å²) in [5.74, 6) is 0.606. The van der Waals surface area contributed by atoms with Gasteiger partial charge in [-0.15, -0.1) is 11.3 Å². The van der Waals surface area contributed by atoms with Crippen LogP contribution in [0.4, 0.5) is 4.39 Å². The summed E-state index contributed by atoms with van der Waals surface area (Å²) in [5.41, 5.74) is 2.81. The molecule has 1 N–H and O–H groups in total. The van der Waals surface area contributed by atoms with Gasteiger partial charge in [0.25, 0.3) is 0 Å². The molecule has 1 aliphatic rings. The summed E-state index contributed by atoms with van der Waals surface area (Å²) >= 11 is 1.38. The Morgan fingerprint density at radius 3 is 2.46 bits per heavy atom. The van der Waals surface area contributed by atoms with Gasteiger partial charge in [0.2, 0.25) is 0 Å². The van der Waals surface area contributed by atoms with Crippen LogP contribution in [0, 0.1) is 17.7 Å². The Balaban J connectivity index is 1.36. The van der Waals surface area contributed by atoms with Gasteiger partial charge in [-0.1, -0.05) is 80.6 Å². The van der Waals surface area contributed by atoms with E-state index in [1.165, 1.54) is 30.6 Å². The molecule has 1 saturated carbocycles. The summed E-state index contributed by atoms with van der Waals surface area (Å²) in [6.07, 6.45) is 7.69. The molecule has 1 unspecified atom stereocenters. The molecule has 0 saturated heterocycles. The van der Waals surface area contributed by atoms with Crippen molar-refractivity contribution >= 4 is 27.2 Å². The molecule has 1 aromatic heterocycles. The largest absolute Gasteiger partial charge is 0.506 e. The Morgan fingerprint density at radius 1 is 0.943 bits per heavy atom. The molecule has 1 aliphatic carbocycles. The van der Waals surface area contributed by atoms with Gasteiger partial charge in [0.1, 0.15) is 16.4 Å². The molecule has 2 nitrogen and oxygen atoms in total. The number of aromatic hydroxyl groups is 1. The van der Waals surface area contributed by atoms with Crippen LogP contribution >= 0.6 is 11.3 Å². The average Bonchev–Trinajstić information content (AvgIpc) is 3.25. The minimum atomic E-state index is -0.180. The Hall–Kier alpha value is -2.98. The number of carbonyl (C=O) groups excluding carboxylic acids is 1. The molecule has 0 bridgehead atoms. The highest BCUT2D eigenvalue weighted by atomic mass is 32.1. The van der Waals surface area contributed by atoms with Gasteiger partial charge in [-0.3, -0.25) is 4.79 Å². The first kappa shape index (κ1) is 23.7. The van der Waals surface area contributed by atoms with E-state index in [1.807, 2.05) is 66.7 Å². The highest BCUT2D eigenvalue weighted by molar-refractivity contribution is 7.21. The van der Waals surface area contributed by atoms with E-state index in [0.717, 1.165) is 40.5 Å². The Bertz CT molecular complexity index is 1300. The van der Waals surface area contributed by atoms with Crippen molar-refractivity contribution in [3.63, 3.8) is 0 Å². The van der Waals surface area contributed by atoms with E-state index in [9.17, 15) is 14.3 Å². The van der Waals surface area contributed by atoms with Crippen molar-refractivity contribution < 1.29 is 14.3 Å². The van der Waals surface area contributed by atoms with Crippen LogP contribution in [0.25, 0.3) is 21.2 Å². The summed E-state index contributed by atoms with van der Waals surface area (Å²) in [7, 11) is 0. The number of carbonyl (C=O) groups is 1. The predicted octanol–water partition coefficient (Wildman–Crippen LogP) is 8.82. The van der Waals surface area contributed by atoms with Gasteiger partial charge in [0.15, 0.2) is 5.78 Å². The normalized spacial score (nSPS) is 15.3. The summed E-state index contributed by atoms with van der Waals surface area (Å²) in [6.45, 7) is 0. The first-order chi connectivity index (χ1) is 17.1. The molecule has 0 aliphatic heterocycles. The van der Waals surface area contributed by atoms with E-state index in [2.05, 4.69) is 0 Å². The number of ketones is 1. The third kappa shape index (κ3) is 5.33. The molecule has 35 heavy (non-hydrogen) atoms. The van der Waals surface area contributed by atoms with Gasteiger partial charge in [0, 0.05) is 16.5 Å². The van der Waals surface area contributed by atoms with E-state index >= 15 is 0 Å². The number of rotatable bonds is 8. The van der Waals surface area contributed by atoms with Crippen molar-refractivity contribution in [3.8, 4) is 16.9 Å². The number of Topliss-reactive ketones (excluding diaryl/α,β-unsaturated/α-hetero) is 1. The lowest BCUT2D eigenvalue weighted by Crippen LogP contribution is -2.22. The van der Waals surface area contributed by atoms with Gasteiger partial charge in [-0.2, -0.15) is 0 Å². The van der Waals surface area contributed by atoms with Crippen LogP contribution in [0.3, 0.4) is 0 Å². The van der Waals surface area contributed by atoms with E-state index < -0.39 is 0 Å². The maximum absolute atomic E-state index is 14.8. The van der Waals surface area contributed by atoms with E-state index in [0.29, 0.717) is 29.2 Å². The summed E-state index contributed by atoms with van der Waals surface area (Å²) in [6, 6.07) is 23.0. The standard InChI is InChI=1S/C31H31FO2S/c32-27-18-17-23(21-9-3-1-4-10-21)19-25(27)16-15-24(22-11-5-2-6-12-22)20-28(33)31-30(34)26-13-7-8-14-29(26)35-31/h1,3-4,7-10,13-14,17-19,22,24,34H,2,5-6,11-12,15-16,20H2. The summed E-state index contributed by atoms with van der Waals surface area (Å²) in [5, 5.41) is 11.5. The Kier molecular flexibility index (Phi) is 7.29. The lowest BCUT2D eigenvalue weighted by Gasteiger charge is -2.30. The number of halogens is 1. The first-order valence-electron chi connectivity index (χ1n) is 12.7. The number of thiophene rings is 1. The van der Waals surface area contributed by atoms with Crippen molar-refractivity contribution in [1.82, 2.24) is 0 Å². The lowest BCUT2D eigenvalue weighted by molar-refractivity contribution is 0.0927. The maximum Gasteiger partial charge on any atom is 0.176 e. The van der Waals surface area contributed by atoms with Crippen LogP contribution < -0.4 is 0 Å². The third-order valence-electron chi connectivity index (χ3n) is 7.52. The van der Waals surface area contributed by atoms with Crippen molar-refractivity contribution in [3.05, 3.63) is 89.1 Å². The molecule has 3 aromatic carbocycles. The molecule has 1 atom stereocenters. The number of benzene rings is 3. The van der Waals surface area contributed by atoms with Gasteiger partial charge in [-0.05, 0) is 65.6 Å². The SMILES string of the molecule is O=C(CC(CCc1cc(-c2ccccc2)ccc1F)C1CCCCC1)c1sc2ccccc2c1O. The average molecular weight is 487 g/mol.